The molecule has 5 heteroatoms. The molecule has 3 nitrogen and oxygen atoms in total. The molecule has 0 aliphatic rings. The van der Waals surface area contributed by atoms with E-state index in [-0.39, 0.29) is 0 Å². The Kier molecular flexibility index (Phi) is 14.8. The first-order valence-corrected chi connectivity index (χ1v) is 33.4. The van der Waals surface area contributed by atoms with E-state index in [9.17, 15) is 0 Å². The fourth-order valence-corrected chi connectivity index (χ4v) is 22.6. The van der Waals surface area contributed by atoms with Crippen LogP contribution in [0.1, 0.15) is 0 Å². The molecule has 0 atom stereocenters. The molecule has 0 amide bonds. The van der Waals surface area contributed by atoms with E-state index in [1.165, 1.54) is 63.7 Å². The molecule has 13 aromatic carbocycles. The van der Waals surface area contributed by atoms with Gasteiger partial charge in [-0.05, 0) is 98.1 Å². The maximum absolute atomic E-state index is 5.71. The SMILES string of the molecule is c1ccc(-c2cccc(-c3nc(-c4cccc(-c5ccccc5)c4)nc(-c4cc([Si](c5ccccc5)(c5ccccc5)c5cccc(-c6ccccc6)c5)cc([Si](c5ccccc5)(c5ccccc5)c5cccc(-c6ccccc6)c5)c4)n3)c2)cc1. The van der Waals surface area contributed by atoms with Crippen LogP contribution in [0.15, 0.2) is 358 Å². The van der Waals surface area contributed by atoms with Gasteiger partial charge in [-0.2, -0.15) is 0 Å². The molecule has 0 saturated heterocycles. The maximum Gasteiger partial charge on any atom is 0.179 e. The van der Waals surface area contributed by atoms with E-state index >= 15 is 0 Å². The Balaban J connectivity index is 1.14. The van der Waals surface area contributed by atoms with Crippen LogP contribution in [0.3, 0.4) is 0 Å². The molecule has 14 aromatic rings. The largest absolute Gasteiger partial charge is 0.208 e. The maximum atomic E-state index is 5.71. The average molecular weight is 1130 g/mol. The van der Waals surface area contributed by atoms with Crippen molar-refractivity contribution in [1.29, 1.82) is 0 Å². The van der Waals surface area contributed by atoms with Crippen molar-refractivity contribution in [2.75, 3.05) is 0 Å². The number of hydrogen-bond donors (Lipinski definition) is 0. The van der Waals surface area contributed by atoms with Gasteiger partial charge >= 0.3 is 0 Å². The Bertz CT molecular complexity index is 4240. The van der Waals surface area contributed by atoms with E-state index in [0.29, 0.717) is 17.5 Å². The molecule has 0 spiro atoms. The summed E-state index contributed by atoms with van der Waals surface area (Å²) in [6.45, 7) is 0. The summed E-state index contributed by atoms with van der Waals surface area (Å²) < 4.78 is 0. The summed E-state index contributed by atoms with van der Waals surface area (Å²) in [6.07, 6.45) is 0. The van der Waals surface area contributed by atoms with Crippen molar-refractivity contribution < 1.29 is 0 Å². The Morgan fingerprint density at radius 2 is 0.349 bits per heavy atom. The molecule has 0 N–H and O–H groups in total. The molecule has 0 unspecified atom stereocenters. The lowest BCUT2D eigenvalue weighted by Crippen LogP contribution is -2.78. The Labute approximate surface area is 506 Å². The first-order chi connectivity index (χ1) is 42.6. The zero-order valence-corrected chi connectivity index (χ0v) is 49.4. The number of rotatable bonds is 15. The quantitative estimate of drug-likeness (QED) is 0.0758. The third-order valence-corrected chi connectivity index (χ3v) is 26.2. The second-order valence-corrected chi connectivity index (χ2v) is 29.5. The minimum Gasteiger partial charge on any atom is -0.208 e. The lowest BCUT2D eigenvalue weighted by Gasteiger charge is -2.38. The summed E-state index contributed by atoms with van der Waals surface area (Å²) in [5.41, 5.74) is 11.8. The third-order valence-electron chi connectivity index (χ3n) is 16.8. The molecule has 406 valence electrons. The molecule has 0 fully saturated rings. The van der Waals surface area contributed by atoms with E-state index in [2.05, 4.69) is 358 Å². The number of benzene rings is 13. The summed E-state index contributed by atoms with van der Waals surface area (Å²) >= 11 is 0. The van der Waals surface area contributed by atoms with Gasteiger partial charge in [0.05, 0.1) is 0 Å². The molecule has 0 aliphatic heterocycles. The van der Waals surface area contributed by atoms with Gasteiger partial charge in [-0.3, -0.25) is 0 Å². The van der Waals surface area contributed by atoms with Gasteiger partial charge < -0.3 is 0 Å². The lowest BCUT2D eigenvalue weighted by molar-refractivity contribution is 1.07. The van der Waals surface area contributed by atoms with E-state index in [1.807, 2.05) is 0 Å². The lowest BCUT2D eigenvalue weighted by atomic mass is 10.0. The predicted molar refractivity (Wildman–Crippen MR) is 365 cm³/mol. The molecule has 0 saturated carbocycles. The summed E-state index contributed by atoms with van der Waals surface area (Å²) in [5, 5.41) is 10.0. The highest BCUT2D eigenvalue weighted by atomic mass is 28.3. The standard InChI is InChI=1S/C81H59N3Si2/c1-9-29-60(30-10-1)64-37-25-41-68(53-64)79-82-80(69-42-26-38-65(54-69)61-31-11-2-12-32-61)84-81(83-79)70-57-77(85(71-43-17-5-18-44-71,72-45-19-6-20-46-72)75-51-27-39-66(55-75)62-33-13-3-14-34-62)59-78(58-70)86(73-47-21-7-22-48-73,74-49-23-8-24-50-74)76-52-28-40-67(56-76)63-35-15-4-16-36-63/h1-59H. The monoisotopic (exact) mass is 1130 g/mol. The van der Waals surface area contributed by atoms with Crippen molar-refractivity contribution in [2.24, 2.45) is 0 Å². The van der Waals surface area contributed by atoms with Crippen molar-refractivity contribution in [3.8, 4) is 78.7 Å². The van der Waals surface area contributed by atoms with Crippen LogP contribution in [0.4, 0.5) is 0 Å². The second kappa shape index (κ2) is 23.9. The predicted octanol–water partition coefficient (Wildman–Crippen LogP) is 14.3. The summed E-state index contributed by atoms with van der Waals surface area (Å²) in [4.78, 5) is 16.9. The van der Waals surface area contributed by atoms with Crippen molar-refractivity contribution >= 4 is 57.6 Å². The molecule has 0 radical (unpaired) electrons. The van der Waals surface area contributed by atoms with Crippen LogP contribution in [-0.4, -0.2) is 31.1 Å². The van der Waals surface area contributed by atoms with Gasteiger partial charge in [0, 0.05) is 16.7 Å². The summed E-state index contributed by atoms with van der Waals surface area (Å²) in [7, 11) is -6.80. The van der Waals surface area contributed by atoms with Gasteiger partial charge in [0.15, 0.2) is 33.6 Å². The van der Waals surface area contributed by atoms with Gasteiger partial charge in [0.2, 0.25) is 0 Å². The Morgan fingerprint density at radius 1 is 0.140 bits per heavy atom. The molecule has 86 heavy (non-hydrogen) atoms. The number of aromatic nitrogens is 3. The first-order valence-electron chi connectivity index (χ1n) is 29.4. The van der Waals surface area contributed by atoms with Crippen LogP contribution in [0, 0.1) is 0 Å². The van der Waals surface area contributed by atoms with Gasteiger partial charge in [-0.1, -0.05) is 346 Å². The highest BCUT2D eigenvalue weighted by Crippen LogP contribution is 2.31. The molecular formula is C81H59N3Si2. The zero-order valence-electron chi connectivity index (χ0n) is 47.4. The van der Waals surface area contributed by atoms with Crippen molar-refractivity contribution in [2.45, 2.75) is 0 Å². The summed E-state index contributed by atoms with van der Waals surface area (Å²) in [6, 6.07) is 131. The van der Waals surface area contributed by atoms with Crippen molar-refractivity contribution in [3.63, 3.8) is 0 Å². The average Bonchev–Trinajstić information content (AvgIpc) is 1.14. The molecule has 1 heterocycles. The molecule has 0 aliphatic carbocycles. The van der Waals surface area contributed by atoms with Crippen molar-refractivity contribution in [1.82, 2.24) is 15.0 Å². The van der Waals surface area contributed by atoms with E-state index in [4.69, 9.17) is 15.0 Å². The molecule has 1 aromatic heterocycles. The second-order valence-electron chi connectivity index (χ2n) is 21.9. The normalized spacial score (nSPS) is 11.5. The van der Waals surface area contributed by atoms with E-state index < -0.39 is 16.1 Å². The molecular weight excluding hydrogens is 1070 g/mol. The fourth-order valence-electron chi connectivity index (χ4n) is 12.8. The van der Waals surface area contributed by atoms with Crippen molar-refractivity contribution in [3.05, 3.63) is 358 Å². The Morgan fingerprint density at radius 3 is 0.651 bits per heavy atom. The van der Waals surface area contributed by atoms with E-state index in [0.717, 1.165) is 38.9 Å². The number of hydrogen-bond acceptors (Lipinski definition) is 3. The van der Waals surface area contributed by atoms with E-state index in [1.54, 1.807) is 0 Å². The topological polar surface area (TPSA) is 38.7 Å². The van der Waals surface area contributed by atoms with Crippen LogP contribution < -0.4 is 41.5 Å². The minimum atomic E-state index is -3.40. The van der Waals surface area contributed by atoms with Gasteiger partial charge in [0.25, 0.3) is 0 Å². The highest BCUT2D eigenvalue weighted by Gasteiger charge is 2.46. The van der Waals surface area contributed by atoms with Gasteiger partial charge in [0.1, 0.15) is 0 Å². The number of nitrogens with zero attached hydrogens (tertiary/aromatic N) is 3. The third kappa shape index (κ3) is 10.3. The van der Waals surface area contributed by atoms with Crippen LogP contribution in [0.5, 0.6) is 0 Å². The molecule has 14 rings (SSSR count). The van der Waals surface area contributed by atoms with Crippen LogP contribution in [0.2, 0.25) is 0 Å². The summed E-state index contributed by atoms with van der Waals surface area (Å²) in [5.74, 6) is 1.78. The zero-order chi connectivity index (χ0) is 57.5. The minimum absolute atomic E-state index is 0.590. The Hall–Kier alpha value is -10.7. The van der Waals surface area contributed by atoms with Crippen LogP contribution in [0.25, 0.3) is 78.7 Å². The van der Waals surface area contributed by atoms with Crippen LogP contribution >= 0.6 is 0 Å². The highest BCUT2D eigenvalue weighted by molar-refractivity contribution is 7.22. The molecule has 0 bridgehead atoms. The smallest absolute Gasteiger partial charge is 0.179 e. The van der Waals surface area contributed by atoms with Gasteiger partial charge in [-0.25, -0.2) is 15.0 Å². The fraction of sp³-hybridized carbons (Fsp3) is 0. The first kappa shape index (κ1) is 53.3. The van der Waals surface area contributed by atoms with Gasteiger partial charge in [-0.15, -0.1) is 0 Å². The van der Waals surface area contributed by atoms with Crippen LogP contribution in [-0.2, 0) is 0 Å².